The number of phenolic OH excluding ortho intramolecular Hbond substituents is 1. The normalized spacial score (nSPS) is 10.2. The molecular formula is C32H32N2O8Sm. The van der Waals surface area contributed by atoms with Gasteiger partial charge in [0.1, 0.15) is 30.5 Å². The van der Waals surface area contributed by atoms with E-state index in [9.17, 15) is 10.2 Å². The second kappa shape index (κ2) is 20.6. The Morgan fingerprint density at radius 3 is 1.56 bits per heavy atom. The SMILES string of the molecule is CC(=O)O.CC(=O)O.O/C(=N/N=C/c1ccccc1O)c1cc(OCc2ccccc2)cc(OCc2ccccc2)c1.[Sm]. The quantitative estimate of drug-likeness (QED) is 0.0921. The Hall–Kier alpha value is -4.30. The van der Waals surface area contributed by atoms with E-state index in [-0.39, 0.29) is 52.0 Å². The zero-order chi connectivity index (χ0) is 30.7. The molecule has 0 atom stereocenters. The molecule has 11 heteroatoms. The number of aliphatic hydroxyl groups excluding tert-OH is 1. The molecule has 0 unspecified atom stereocenters. The van der Waals surface area contributed by atoms with E-state index in [0.717, 1.165) is 25.0 Å². The number of rotatable bonds is 9. The number of nitrogens with zero attached hydrogens (tertiary/aromatic N) is 2. The predicted molar refractivity (Wildman–Crippen MR) is 159 cm³/mol. The van der Waals surface area contributed by atoms with Gasteiger partial charge in [-0.2, -0.15) is 5.10 Å². The first-order valence-corrected chi connectivity index (χ1v) is 12.6. The Labute approximate surface area is 282 Å². The van der Waals surface area contributed by atoms with Gasteiger partial charge in [-0.1, -0.05) is 72.8 Å². The van der Waals surface area contributed by atoms with Crippen molar-refractivity contribution in [2.24, 2.45) is 10.2 Å². The summed E-state index contributed by atoms with van der Waals surface area (Å²) in [5.41, 5.74) is 2.92. The summed E-state index contributed by atoms with van der Waals surface area (Å²) in [5.74, 6) is -0.845. The van der Waals surface area contributed by atoms with Crippen molar-refractivity contribution in [2.75, 3.05) is 0 Å². The number of aliphatic carboxylic acids is 2. The predicted octanol–water partition coefficient (Wildman–Crippen LogP) is 6.07. The average Bonchev–Trinajstić information content (AvgIpc) is 2.96. The molecule has 10 nitrogen and oxygen atoms in total. The maximum Gasteiger partial charge on any atom is 0.300 e. The van der Waals surface area contributed by atoms with Crippen LogP contribution in [0.15, 0.2) is 113 Å². The second-order valence-electron chi connectivity index (χ2n) is 8.51. The third kappa shape index (κ3) is 16.1. The number of phenols is 1. The van der Waals surface area contributed by atoms with E-state index in [1.54, 1.807) is 42.5 Å². The Morgan fingerprint density at radius 2 is 1.12 bits per heavy atom. The number of carbonyl (C=O) groups is 2. The van der Waals surface area contributed by atoms with E-state index in [4.69, 9.17) is 29.3 Å². The maximum absolute atomic E-state index is 10.5. The van der Waals surface area contributed by atoms with Crippen molar-refractivity contribution in [3.8, 4) is 17.2 Å². The molecule has 0 radical (unpaired) electrons. The molecule has 0 spiro atoms. The van der Waals surface area contributed by atoms with E-state index < -0.39 is 11.9 Å². The summed E-state index contributed by atoms with van der Waals surface area (Å²) in [6.07, 6.45) is 1.37. The van der Waals surface area contributed by atoms with Crippen molar-refractivity contribution in [3.05, 3.63) is 125 Å². The van der Waals surface area contributed by atoms with Gasteiger partial charge in [-0.3, -0.25) is 9.59 Å². The van der Waals surface area contributed by atoms with Gasteiger partial charge in [0.05, 0.1) is 6.21 Å². The number of ether oxygens (including phenoxy) is 2. The summed E-state index contributed by atoms with van der Waals surface area (Å²) < 4.78 is 11.9. The molecule has 0 amide bonds. The molecule has 4 N–H and O–H groups in total. The topological polar surface area (TPSA) is 158 Å². The monoisotopic (exact) mass is 724 g/mol. The van der Waals surface area contributed by atoms with Crippen LogP contribution in [-0.2, 0) is 22.8 Å². The molecule has 0 fully saturated rings. The van der Waals surface area contributed by atoms with Crippen LogP contribution in [0.1, 0.15) is 36.1 Å². The molecule has 4 rings (SSSR count). The van der Waals surface area contributed by atoms with Crippen LogP contribution in [0.25, 0.3) is 0 Å². The third-order valence-electron chi connectivity index (χ3n) is 4.92. The van der Waals surface area contributed by atoms with E-state index in [1.165, 1.54) is 6.21 Å². The first-order valence-electron chi connectivity index (χ1n) is 12.6. The summed E-state index contributed by atoms with van der Waals surface area (Å²) in [7, 11) is 0. The van der Waals surface area contributed by atoms with Crippen molar-refractivity contribution in [1.29, 1.82) is 0 Å². The number of benzene rings is 4. The fraction of sp³-hybridized carbons (Fsp3) is 0.125. The largest absolute Gasteiger partial charge is 0.507 e. The fourth-order valence-electron chi connectivity index (χ4n) is 3.15. The number of carboxylic acids is 2. The second-order valence-corrected chi connectivity index (χ2v) is 8.51. The minimum absolute atomic E-state index is 0. The Bertz CT molecular complexity index is 1400. The van der Waals surface area contributed by atoms with E-state index in [0.29, 0.717) is 35.8 Å². The van der Waals surface area contributed by atoms with Crippen molar-refractivity contribution < 1.29 is 79.9 Å². The molecular weight excluding hydrogens is 691 g/mol. The van der Waals surface area contributed by atoms with Crippen LogP contribution in [0.3, 0.4) is 0 Å². The number of aromatic hydroxyl groups is 1. The first-order chi connectivity index (χ1) is 20.1. The molecule has 0 saturated carbocycles. The average molecular weight is 723 g/mol. The van der Waals surface area contributed by atoms with Gasteiger partial charge in [0.15, 0.2) is 0 Å². The van der Waals surface area contributed by atoms with Crippen LogP contribution in [0.5, 0.6) is 17.2 Å². The van der Waals surface area contributed by atoms with Crippen LogP contribution in [0.2, 0.25) is 0 Å². The molecule has 0 aliphatic rings. The van der Waals surface area contributed by atoms with Gasteiger partial charge >= 0.3 is 0 Å². The van der Waals surface area contributed by atoms with Gasteiger partial charge in [-0.05, 0) is 35.4 Å². The summed E-state index contributed by atoms with van der Waals surface area (Å²) in [6, 6.07) is 31.4. The first kappa shape index (κ1) is 36.7. The van der Waals surface area contributed by atoms with Crippen LogP contribution in [0, 0.1) is 40.4 Å². The maximum atomic E-state index is 10.5. The van der Waals surface area contributed by atoms with Gasteiger partial charge < -0.3 is 29.9 Å². The zero-order valence-electron chi connectivity index (χ0n) is 23.5. The smallest absolute Gasteiger partial charge is 0.300 e. The number of hydrogen-bond acceptors (Lipinski definition) is 7. The van der Waals surface area contributed by atoms with Crippen molar-refractivity contribution in [1.82, 2.24) is 0 Å². The van der Waals surface area contributed by atoms with Crippen LogP contribution in [0.4, 0.5) is 0 Å². The number of carboxylic acid groups (broad SMARTS) is 2. The standard InChI is InChI=1S/C28H24N2O4.2C2H4O2.Sm/c31-27-14-8-7-13-23(27)18-29-30-28(32)24-15-25(33-19-21-9-3-1-4-10-21)17-26(16-24)34-20-22-11-5-2-6-12-22;2*1-2(3)4;/h1-18,31H,19-20H2,(H,30,32);2*1H3,(H,3,4);/b29-18+;;;. The third-order valence-corrected chi connectivity index (χ3v) is 4.92. The zero-order valence-corrected chi connectivity index (χ0v) is 26.2. The van der Waals surface area contributed by atoms with Crippen LogP contribution < -0.4 is 9.47 Å². The number of aliphatic hydroxyl groups is 1. The number of hydrogen-bond donors (Lipinski definition) is 4. The van der Waals surface area contributed by atoms with Crippen molar-refractivity contribution >= 4 is 24.1 Å². The Balaban J connectivity index is 0.000000917. The molecule has 0 aliphatic carbocycles. The van der Waals surface area contributed by atoms with Gasteiger partial charge in [0.2, 0.25) is 5.90 Å². The minimum Gasteiger partial charge on any atom is -0.507 e. The van der Waals surface area contributed by atoms with Crippen molar-refractivity contribution in [3.63, 3.8) is 0 Å². The van der Waals surface area contributed by atoms with Crippen molar-refractivity contribution in [2.45, 2.75) is 27.1 Å². The molecule has 224 valence electrons. The fourth-order valence-corrected chi connectivity index (χ4v) is 3.15. The van der Waals surface area contributed by atoms with Gasteiger partial charge in [-0.25, -0.2) is 0 Å². The van der Waals surface area contributed by atoms with E-state index >= 15 is 0 Å². The van der Waals surface area contributed by atoms with Gasteiger partial charge in [0, 0.05) is 71.4 Å². The molecule has 43 heavy (non-hydrogen) atoms. The van der Waals surface area contributed by atoms with E-state index in [1.807, 2.05) is 60.7 Å². The summed E-state index contributed by atoms with van der Waals surface area (Å²) >= 11 is 0. The molecule has 0 aromatic heterocycles. The molecule has 4 aromatic rings. The summed E-state index contributed by atoms with van der Waals surface area (Å²) in [4.78, 5) is 18.0. The molecule has 0 saturated heterocycles. The summed E-state index contributed by atoms with van der Waals surface area (Å²) in [6.45, 7) is 2.90. The molecule has 4 aromatic carbocycles. The summed E-state index contributed by atoms with van der Waals surface area (Å²) in [5, 5.41) is 43.0. The molecule has 0 heterocycles. The van der Waals surface area contributed by atoms with Gasteiger partial charge in [-0.15, -0.1) is 5.10 Å². The Kier molecular flexibility index (Phi) is 17.6. The minimum atomic E-state index is -0.833. The molecule has 0 aliphatic heterocycles. The van der Waals surface area contributed by atoms with Gasteiger partial charge in [0.25, 0.3) is 11.9 Å². The molecule has 0 bridgehead atoms. The van der Waals surface area contributed by atoms with Crippen LogP contribution >= 0.6 is 0 Å². The Morgan fingerprint density at radius 1 is 0.698 bits per heavy atom. The number of para-hydroxylation sites is 1. The van der Waals surface area contributed by atoms with E-state index in [2.05, 4.69) is 10.2 Å². The van der Waals surface area contributed by atoms with Crippen LogP contribution in [-0.4, -0.2) is 44.5 Å².